The van der Waals surface area contributed by atoms with Crippen molar-refractivity contribution in [3.63, 3.8) is 0 Å². The number of aliphatic imine (C=N–C) groups is 1. The van der Waals surface area contributed by atoms with Gasteiger partial charge in [0.15, 0.2) is 0 Å². The highest BCUT2D eigenvalue weighted by molar-refractivity contribution is 6.13. The predicted octanol–water partition coefficient (Wildman–Crippen LogP) is 6.33. The Kier molecular flexibility index (Phi) is 3.26. The number of para-hydroxylation sites is 1. The van der Waals surface area contributed by atoms with Crippen molar-refractivity contribution in [2.45, 2.75) is 39.0 Å². The zero-order valence-electron chi connectivity index (χ0n) is 17.9. The van der Waals surface area contributed by atoms with E-state index in [-0.39, 0.29) is 5.54 Å². The van der Waals surface area contributed by atoms with E-state index in [2.05, 4.69) is 57.8 Å². The summed E-state index contributed by atoms with van der Waals surface area (Å²) in [5.41, 5.74) is 6.67. The van der Waals surface area contributed by atoms with Crippen molar-refractivity contribution in [1.82, 2.24) is 4.90 Å². The van der Waals surface area contributed by atoms with E-state index >= 15 is 0 Å². The van der Waals surface area contributed by atoms with E-state index in [0.29, 0.717) is 0 Å². The predicted molar refractivity (Wildman–Crippen MR) is 121 cm³/mol. The van der Waals surface area contributed by atoms with E-state index in [1.165, 1.54) is 22.3 Å². The third-order valence-corrected chi connectivity index (χ3v) is 7.04. The summed E-state index contributed by atoms with van der Waals surface area (Å²) in [6.07, 6.45) is 1.98. The van der Waals surface area contributed by atoms with Gasteiger partial charge in [-0.25, -0.2) is 0 Å². The van der Waals surface area contributed by atoms with E-state index in [0.717, 1.165) is 33.4 Å². The van der Waals surface area contributed by atoms with Gasteiger partial charge < -0.3 is 9.15 Å². The largest absolute Gasteiger partial charge is 0.461 e. The summed E-state index contributed by atoms with van der Waals surface area (Å²) in [6.45, 7) is 8.86. The van der Waals surface area contributed by atoms with Crippen LogP contribution >= 0.6 is 0 Å². The van der Waals surface area contributed by atoms with Crippen molar-refractivity contribution >= 4 is 33.8 Å². The van der Waals surface area contributed by atoms with Crippen LogP contribution in [0.5, 0.6) is 5.75 Å². The molecule has 0 bridgehead atoms. The van der Waals surface area contributed by atoms with Crippen LogP contribution < -0.4 is 4.74 Å². The Morgan fingerprint density at radius 3 is 2.40 bits per heavy atom. The zero-order chi connectivity index (χ0) is 20.8. The molecule has 0 saturated carbocycles. The lowest BCUT2D eigenvalue weighted by Gasteiger charge is -2.41. The van der Waals surface area contributed by atoms with Gasteiger partial charge in [0.25, 0.3) is 0 Å². The van der Waals surface area contributed by atoms with E-state index in [1.807, 2.05) is 36.5 Å². The smallest absolute Gasteiger partial charge is 0.227 e. The molecular weight excluding hydrogens is 372 g/mol. The Hall–Kier alpha value is -3.11. The highest BCUT2D eigenvalue weighted by Crippen LogP contribution is 2.54. The average molecular weight is 396 g/mol. The molecule has 1 aromatic heterocycles. The number of hydrogen-bond donors (Lipinski definition) is 0. The van der Waals surface area contributed by atoms with Crippen LogP contribution in [0.25, 0.3) is 21.9 Å². The molecule has 0 amide bonds. The molecule has 0 saturated heterocycles. The normalized spacial score (nSPS) is 21.9. The highest BCUT2D eigenvalue weighted by Gasteiger charge is 2.56. The van der Waals surface area contributed by atoms with E-state index in [1.54, 1.807) is 0 Å². The van der Waals surface area contributed by atoms with Gasteiger partial charge in [0, 0.05) is 16.5 Å². The Morgan fingerprint density at radius 2 is 1.60 bits per heavy atom. The van der Waals surface area contributed by atoms with Crippen LogP contribution in [0, 0.1) is 13.8 Å². The molecule has 3 aromatic carbocycles. The fourth-order valence-electron chi connectivity index (χ4n) is 5.42. The summed E-state index contributed by atoms with van der Waals surface area (Å²) in [5.74, 6) is 0.785. The first kappa shape index (κ1) is 17.7. The summed E-state index contributed by atoms with van der Waals surface area (Å²) in [5, 5.41) is 2.07. The number of aryl methyl sites for hydroxylation is 2. The van der Waals surface area contributed by atoms with Crippen LogP contribution in [0.15, 0.2) is 57.9 Å². The molecule has 1 unspecified atom stereocenters. The summed E-state index contributed by atoms with van der Waals surface area (Å²) in [7, 11) is 2.13. The fourth-order valence-corrected chi connectivity index (χ4v) is 5.42. The minimum atomic E-state index is -0.727. The first-order valence-electron chi connectivity index (χ1n) is 10.4. The molecule has 0 aliphatic carbocycles. The van der Waals surface area contributed by atoms with E-state index in [4.69, 9.17) is 14.1 Å². The second-order valence-electron chi connectivity index (χ2n) is 9.01. The van der Waals surface area contributed by atoms with Crippen molar-refractivity contribution in [3.8, 4) is 5.75 Å². The summed E-state index contributed by atoms with van der Waals surface area (Å²) >= 11 is 0. The Bertz CT molecular complexity index is 1400. The maximum absolute atomic E-state index is 6.85. The lowest BCUT2D eigenvalue weighted by molar-refractivity contribution is -0.0477. The maximum Gasteiger partial charge on any atom is 0.227 e. The van der Waals surface area contributed by atoms with Crippen LogP contribution in [-0.4, -0.2) is 18.2 Å². The molecule has 6 rings (SSSR count). The minimum absolute atomic E-state index is 0.179. The molecule has 0 N–H and O–H groups in total. The molecule has 2 aliphatic heterocycles. The third kappa shape index (κ3) is 1.97. The number of hydrogen-bond acceptors (Lipinski definition) is 4. The molecule has 4 nitrogen and oxygen atoms in total. The van der Waals surface area contributed by atoms with Gasteiger partial charge in [-0.2, -0.15) is 0 Å². The van der Waals surface area contributed by atoms with Crippen molar-refractivity contribution in [2.24, 2.45) is 4.99 Å². The summed E-state index contributed by atoms with van der Waals surface area (Å²) in [4.78, 5) is 7.31. The Balaban J connectivity index is 1.64. The number of nitrogens with zero attached hydrogens (tertiary/aromatic N) is 2. The number of ether oxygens (including phenoxy) is 1. The number of benzene rings is 3. The standard InChI is InChI=1S/C26H24N2O2/c1-15-10-11-16(2)23-22(15)25(3,4)28(5)26(23)14-27-24-20(30-26)13-12-19-21(24)17-8-6-7-9-18(17)29-19/h6-14H,1-5H3. The first-order valence-corrected chi connectivity index (χ1v) is 10.4. The molecule has 1 atom stereocenters. The van der Waals surface area contributed by atoms with Crippen LogP contribution in [0.4, 0.5) is 5.69 Å². The Labute approximate surface area is 175 Å². The molecule has 0 fully saturated rings. The van der Waals surface area contributed by atoms with Gasteiger partial charge in [-0.1, -0.05) is 30.3 Å². The van der Waals surface area contributed by atoms with Crippen LogP contribution in [0.2, 0.25) is 0 Å². The second-order valence-corrected chi connectivity index (χ2v) is 9.01. The van der Waals surface area contributed by atoms with Gasteiger partial charge >= 0.3 is 0 Å². The molecule has 4 aromatic rings. The quantitative estimate of drug-likeness (QED) is 0.348. The number of fused-ring (bicyclic) bond motifs is 7. The Morgan fingerprint density at radius 1 is 0.867 bits per heavy atom. The van der Waals surface area contributed by atoms with Gasteiger partial charge in [-0.3, -0.25) is 9.89 Å². The fraction of sp³-hybridized carbons (Fsp3) is 0.269. The van der Waals surface area contributed by atoms with Gasteiger partial charge in [-0.15, -0.1) is 0 Å². The van der Waals surface area contributed by atoms with Crippen LogP contribution in [0.1, 0.15) is 36.1 Å². The highest BCUT2D eigenvalue weighted by atomic mass is 16.5. The molecular formula is C26H24N2O2. The molecule has 4 heteroatoms. The minimum Gasteiger partial charge on any atom is -0.461 e. The molecule has 2 aliphatic rings. The molecule has 150 valence electrons. The molecule has 30 heavy (non-hydrogen) atoms. The van der Waals surface area contributed by atoms with E-state index < -0.39 is 5.72 Å². The molecule has 1 spiro atoms. The second kappa shape index (κ2) is 5.52. The monoisotopic (exact) mass is 396 g/mol. The van der Waals surface area contributed by atoms with Crippen molar-refractivity contribution in [2.75, 3.05) is 7.05 Å². The lowest BCUT2D eigenvalue weighted by Crippen LogP contribution is -2.51. The molecule has 0 radical (unpaired) electrons. The van der Waals surface area contributed by atoms with Crippen molar-refractivity contribution in [3.05, 3.63) is 70.8 Å². The third-order valence-electron chi connectivity index (χ3n) is 7.04. The SMILES string of the molecule is Cc1ccc(C)c2c1C(C)(C)N(C)C21C=Nc2c(ccc3oc4ccccc4c23)O1. The van der Waals surface area contributed by atoms with Gasteiger partial charge in [0.05, 0.1) is 11.6 Å². The lowest BCUT2D eigenvalue weighted by atomic mass is 9.86. The summed E-state index contributed by atoms with van der Waals surface area (Å²) < 4.78 is 12.9. The maximum atomic E-state index is 6.85. The molecule has 3 heterocycles. The van der Waals surface area contributed by atoms with Crippen molar-refractivity contribution < 1.29 is 9.15 Å². The number of furan rings is 1. The number of rotatable bonds is 0. The topological polar surface area (TPSA) is 38.0 Å². The van der Waals surface area contributed by atoms with E-state index in [9.17, 15) is 0 Å². The summed E-state index contributed by atoms with van der Waals surface area (Å²) in [6, 6.07) is 16.5. The van der Waals surface area contributed by atoms with Crippen LogP contribution in [0.3, 0.4) is 0 Å². The van der Waals surface area contributed by atoms with Gasteiger partial charge in [-0.05, 0) is 69.6 Å². The van der Waals surface area contributed by atoms with Crippen LogP contribution in [-0.2, 0) is 11.3 Å². The van der Waals surface area contributed by atoms with Crippen molar-refractivity contribution in [1.29, 1.82) is 0 Å². The zero-order valence-corrected chi connectivity index (χ0v) is 17.9. The average Bonchev–Trinajstić information content (AvgIpc) is 3.19. The van der Waals surface area contributed by atoms with Gasteiger partial charge in [0.2, 0.25) is 5.72 Å². The first-order chi connectivity index (χ1) is 14.3. The van der Waals surface area contributed by atoms with Gasteiger partial charge in [0.1, 0.15) is 22.6 Å².